The molecule has 8 nitrogen and oxygen atoms in total. The number of hydrogen-bond donors (Lipinski definition) is 1. The average Bonchev–Trinajstić information content (AvgIpc) is 2.79. The monoisotopic (exact) mass is 460 g/mol. The standard InChI is InChI=1S/C23H28N2O6S/c1-16-7-8-18(13-22(16)32(28,29)25-11-5-4-6-12-25)24-23(27)15-31-21-10-9-19(30-3)14-20(21)17(2)26/h7-10,13-14H,4-6,11-12,15H2,1-3H3,(H,24,27). The first-order valence-corrected chi connectivity index (χ1v) is 11.9. The number of ketones is 1. The van der Waals surface area contributed by atoms with Crippen LogP contribution in [0.2, 0.25) is 0 Å². The second-order valence-electron chi connectivity index (χ2n) is 7.70. The van der Waals surface area contributed by atoms with Gasteiger partial charge in [0.2, 0.25) is 10.0 Å². The number of carbonyl (C=O) groups is 2. The second kappa shape index (κ2) is 10.1. The molecule has 2 aromatic carbocycles. The van der Waals surface area contributed by atoms with Crippen molar-refractivity contribution in [1.29, 1.82) is 0 Å². The zero-order valence-electron chi connectivity index (χ0n) is 18.5. The minimum absolute atomic E-state index is 0.187. The Morgan fingerprint density at radius 1 is 1.06 bits per heavy atom. The molecule has 32 heavy (non-hydrogen) atoms. The molecule has 1 saturated heterocycles. The summed E-state index contributed by atoms with van der Waals surface area (Å²) in [4.78, 5) is 24.5. The highest BCUT2D eigenvalue weighted by Crippen LogP contribution is 2.27. The van der Waals surface area contributed by atoms with Gasteiger partial charge >= 0.3 is 0 Å². The summed E-state index contributed by atoms with van der Waals surface area (Å²) in [5, 5.41) is 2.67. The summed E-state index contributed by atoms with van der Waals surface area (Å²) in [6.07, 6.45) is 2.72. The van der Waals surface area contributed by atoms with Crippen LogP contribution >= 0.6 is 0 Å². The molecule has 9 heteroatoms. The van der Waals surface area contributed by atoms with E-state index >= 15 is 0 Å². The number of methoxy groups -OCH3 is 1. The topological polar surface area (TPSA) is 102 Å². The molecule has 1 amide bonds. The third kappa shape index (κ3) is 5.46. The van der Waals surface area contributed by atoms with Gasteiger partial charge < -0.3 is 14.8 Å². The van der Waals surface area contributed by atoms with Crippen molar-refractivity contribution in [2.45, 2.75) is 38.0 Å². The lowest BCUT2D eigenvalue weighted by Crippen LogP contribution is -2.36. The number of benzene rings is 2. The second-order valence-corrected chi connectivity index (χ2v) is 9.61. The number of aryl methyl sites for hydroxylation is 1. The molecule has 1 heterocycles. The molecule has 1 aliphatic heterocycles. The van der Waals surface area contributed by atoms with E-state index in [0.717, 1.165) is 19.3 Å². The molecule has 0 unspecified atom stereocenters. The molecule has 1 N–H and O–H groups in total. The van der Waals surface area contributed by atoms with Gasteiger partial charge in [0, 0.05) is 18.8 Å². The zero-order chi connectivity index (χ0) is 23.3. The number of nitrogens with zero attached hydrogens (tertiary/aromatic N) is 1. The van der Waals surface area contributed by atoms with Gasteiger partial charge in [0.25, 0.3) is 5.91 Å². The van der Waals surface area contributed by atoms with Gasteiger partial charge in [-0.2, -0.15) is 4.31 Å². The van der Waals surface area contributed by atoms with Gasteiger partial charge in [-0.15, -0.1) is 0 Å². The fourth-order valence-corrected chi connectivity index (χ4v) is 5.35. The number of sulfonamides is 1. The number of ether oxygens (including phenoxy) is 2. The van der Waals surface area contributed by atoms with Crippen molar-refractivity contribution in [3.8, 4) is 11.5 Å². The first-order chi connectivity index (χ1) is 15.2. The molecule has 1 aliphatic rings. The van der Waals surface area contributed by atoms with Crippen LogP contribution in [0.3, 0.4) is 0 Å². The van der Waals surface area contributed by atoms with Crippen molar-refractivity contribution in [3.63, 3.8) is 0 Å². The van der Waals surface area contributed by atoms with Crippen LogP contribution in [-0.4, -0.2) is 51.2 Å². The highest BCUT2D eigenvalue weighted by molar-refractivity contribution is 7.89. The fraction of sp³-hybridized carbons (Fsp3) is 0.391. The number of Topliss-reactive ketones (excluding diaryl/α,β-unsaturated/α-hetero) is 1. The third-order valence-electron chi connectivity index (χ3n) is 5.33. The molecule has 0 aromatic heterocycles. The minimum Gasteiger partial charge on any atom is -0.497 e. The third-order valence-corrected chi connectivity index (χ3v) is 7.37. The van der Waals surface area contributed by atoms with E-state index in [1.54, 1.807) is 37.3 Å². The maximum Gasteiger partial charge on any atom is 0.262 e. The Balaban J connectivity index is 1.71. The molecular weight excluding hydrogens is 432 g/mol. The molecular formula is C23H28N2O6S. The summed E-state index contributed by atoms with van der Waals surface area (Å²) in [7, 11) is -2.13. The summed E-state index contributed by atoms with van der Waals surface area (Å²) < 4.78 is 38.3. The lowest BCUT2D eigenvalue weighted by Gasteiger charge is -2.26. The van der Waals surface area contributed by atoms with Crippen molar-refractivity contribution in [1.82, 2.24) is 4.31 Å². The minimum atomic E-state index is -3.63. The predicted molar refractivity (Wildman–Crippen MR) is 121 cm³/mol. The summed E-state index contributed by atoms with van der Waals surface area (Å²) in [6.45, 7) is 3.81. The van der Waals surface area contributed by atoms with E-state index in [-0.39, 0.29) is 23.0 Å². The average molecular weight is 461 g/mol. The normalized spacial score (nSPS) is 14.6. The number of hydrogen-bond acceptors (Lipinski definition) is 6. The van der Waals surface area contributed by atoms with Crippen LogP contribution < -0.4 is 14.8 Å². The maximum atomic E-state index is 13.1. The van der Waals surface area contributed by atoms with Gasteiger partial charge in [-0.3, -0.25) is 9.59 Å². The van der Waals surface area contributed by atoms with E-state index in [4.69, 9.17) is 9.47 Å². The van der Waals surface area contributed by atoms with Crippen molar-refractivity contribution in [2.75, 3.05) is 32.1 Å². The van der Waals surface area contributed by atoms with Crippen molar-refractivity contribution in [3.05, 3.63) is 47.5 Å². The van der Waals surface area contributed by atoms with E-state index < -0.39 is 15.9 Å². The molecule has 0 atom stereocenters. The lowest BCUT2D eigenvalue weighted by atomic mass is 10.1. The highest BCUT2D eigenvalue weighted by Gasteiger charge is 2.27. The Kier molecular flexibility index (Phi) is 7.52. The fourth-order valence-electron chi connectivity index (χ4n) is 3.58. The van der Waals surface area contributed by atoms with Gasteiger partial charge in [0.1, 0.15) is 11.5 Å². The van der Waals surface area contributed by atoms with Gasteiger partial charge in [0.05, 0.1) is 17.6 Å². The first kappa shape index (κ1) is 23.7. The molecule has 0 saturated carbocycles. The smallest absolute Gasteiger partial charge is 0.262 e. The Labute approximate surface area is 188 Å². The van der Waals surface area contributed by atoms with Crippen LogP contribution in [0.25, 0.3) is 0 Å². The molecule has 2 aromatic rings. The largest absolute Gasteiger partial charge is 0.497 e. The number of rotatable bonds is 8. The Bertz CT molecular complexity index is 1110. The molecule has 0 spiro atoms. The van der Waals surface area contributed by atoms with Crippen LogP contribution in [0.4, 0.5) is 5.69 Å². The molecule has 1 fully saturated rings. The Morgan fingerprint density at radius 2 is 1.78 bits per heavy atom. The summed E-state index contributed by atoms with van der Waals surface area (Å²) in [5.74, 6) is 0.0886. The van der Waals surface area contributed by atoms with Gasteiger partial charge in [-0.1, -0.05) is 12.5 Å². The van der Waals surface area contributed by atoms with E-state index in [2.05, 4.69) is 5.32 Å². The van der Waals surface area contributed by atoms with E-state index in [1.807, 2.05) is 0 Å². The van der Waals surface area contributed by atoms with Crippen molar-refractivity contribution < 1.29 is 27.5 Å². The highest BCUT2D eigenvalue weighted by atomic mass is 32.2. The Morgan fingerprint density at radius 3 is 2.44 bits per heavy atom. The predicted octanol–water partition coefficient (Wildman–Crippen LogP) is 3.40. The molecule has 172 valence electrons. The van der Waals surface area contributed by atoms with E-state index in [9.17, 15) is 18.0 Å². The van der Waals surface area contributed by atoms with E-state index in [1.165, 1.54) is 24.4 Å². The summed E-state index contributed by atoms with van der Waals surface area (Å²) >= 11 is 0. The lowest BCUT2D eigenvalue weighted by molar-refractivity contribution is -0.118. The molecule has 0 bridgehead atoms. The SMILES string of the molecule is COc1ccc(OCC(=O)Nc2ccc(C)c(S(=O)(=O)N3CCCCC3)c2)c(C(C)=O)c1. The van der Waals surface area contributed by atoms with Crippen molar-refractivity contribution >= 4 is 27.4 Å². The van der Waals surface area contributed by atoms with E-state index in [0.29, 0.717) is 35.7 Å². The number of anilines is 1. The first-order valence-electron chi connectivity index (χ1n) is 10.4. The number of piperidine rings is 1. The van der Waals surface area contributed by atoms with Crippen LogP contribution in [0.5, 0.6) is 11.5 Å². The number of carbonyl (C=O) groups excluding carboxylic acids is 2. The van der Waals surface area contributed by atoms with Crippen LogP contribution in [0.1, 0.15) is 42.1 Å². The summed E-state index contributed by atoms with van der Waals surface area (Å²) in [5.41, 5.74) is 1.29. The molecule has 3 rings (SSSR count). The van der Waals surface area contributed by atoms with Crippen LogP contribution in [0, 0.1) is 6.92 Å². The van der Waals surface area contributed by atoms with Gasteiger partial charge in [-0.25, -0.2) is 8.42 Å². The van der Waals surface area contributed by atoms with Crippen LogP contribution in [0.15, 0.2) is 41.3 Å². The Hall–Kier alpha value is -2.91. The zero-order valence-corrected chi connectivity index (χ0v) is 19.3. The van der Waals surface area contributed by atoms with Crippen molar-refractivity contribution in [2.24, 2.45) is 0 Å². The van der Waals surface area contributed by atoms with Gasteiger partial charge in [0.15, 0.2) is 12.4 Å². The number of amides is 1. The maximum absolute atomic E-state index is 13.1. The van der Waals surface area contributed by atoms with Gasteiger partial charge in [-0.05, 0) is 62.6 Å². The summed E-state index contributed by atoms with van der Waals surface area (Å²) in [6, 6.07) is 9.55. The molecule has 0 aliphatic carbocycles. The molecule has 0 radical (unpaired) electrons. The van der Waals surface area contributed by atoms with Crippen LogP contribution in [-0.2, 0) is 14.8 Å². The number of nitrogens with one attached hydrogen (secondary N) is 1. The quantitative estimate of drug-likeness (QED) is 0.606.